The van der Waals surface area contributed by atoms with Gasteiger partial charge in [0.05, 0.1) is 17.8 Å². The number of imidazole rings is 1. The van der Waals surface area contributed by atoms with Crippen LogP contribution in [-0.2, 0) is 9.22 Å². The Bertz CT molecular complexity index is 1720. The Kier molecular flexibility index (Phi) is 7.25. The Morgan fingerprint density at radius 3 is 2.64 bits per heavy atom. The Morgan fingerprint density at radius 1 is 1.07 bits per heavy atom. The second-order valence-corrected chi connectivity index (χ2v) is 19.2. The van der Waals surface area contributed by atoms with Crippen LogP contribution in [0.15, 0.2) is 49.3 Å². The molecule has 2 saturated carbocycles. The van der Waals surface area contributed by atoms with Crippen LogP contribution < -0.4 is 10.2 Å². The Morgan fingerprint density at radius 2 is 1.89 bits per heavy atom. The lowest BCUT2D eigenvalue weighted by Crippen LogP contribution is -2.44. The molecular formula is C32H39ClN8O2Si. The maximum Gasteiger partial charge on any atom is 0.234 e. The van der Waals surface area contributed by atoms with Crippen molar-refractivity contribution in [2.45, 2.75) is 88.6 Å². The monoisotopic (exact) mass is 630 g/mol. The fraction of sp³-hybridized carbons (Fsp3) is 0.500. The summed E-state index contributed by atoms with van der Waals surface area (Å²) in [5.41, 5.74) is 3.05. The molecule has 3 aliphatic rings. The molecule has 0 unspecified atom stereocenters. The summed E-state index contributed by atoms with van der Waals surface area (Å²) in [6.45, 7) is 12.0. The minimum absolute atomic E-state index is 0.0195. The molecule has 12 heteroatoms. The van der Waals surface area contributed by atoms with E-state index < -0.39 is 8.32 Å². The van der Waals surface area contributed by atoms with Gasteiger partial charge in [0.1, 0.15) is 18.0 Å². The number of carbonyl (C=O) groups excluding carboxylic acids is 1. The molecular weight excluding hydrogens is 592 g/mol. The van der Waals surface area contributed by atoms with Gasteiger partial charge in [0.25, 0.3) is 0 Å². The number of hydrogen-bond donors (Lipinski definition) is 1. The quantitative estimate of drug-likeness (QED) is 0.219. The van der Waals surface area contributed by atoms with E-state index >= 15 is 0 Å². The largest absolute Gasteiger partial charge is 0.412 e. The number of aromatic nitrogens is 6. The standard InChI is InChI=1S/C32H39ClN8O2Si/c1-32(2,3)44(4,5)43-22-11-27(26-17-40-15-20(19-6-7-19)14-35-31(40)38-26)41(16-22)29-13-28(36-18-37-29)39-30(42)24-12-23(24)25-10-21(33)8-9-34-25/h8-10,13-15,17-19,22-24,27H,6-7,11-12,16H2,1-5H3,(H,36,37,39,42)/t22-,23-,24-,27+/m0/s1. The maximum atomic E-state index is 13.2. The van der Waals surface area contributed by atoms with Gasteiger partial charge in [-0.3, -0.25) is 14.2 Å². The maximum absolute atomic E-state index is 13.2. The van der Waals surface area contributed by atoms with Crippen molar-refractivity contribution in [3.05, 3.63) is 71.3 Å². The second kappa shape index (κ2) is 10.9. The highest BCUT2D eigenvalue weighted by Crippen LogP contribution is 2.48. The third-order valence-electron chi connectivity index (χ3n) is 9.72. The van der Waals surface area contributed by atoms with Crippen LogP contribution in [0.5, 0.6) is 0 Å². The topological polar surface area (TPSA) is 110 Å². The van der Waals surface area contributed by atoms with Gasteiger partial charge in [-0.05, 0) is 61.0 Å². The van der Waals surface area contributed by atoms with E-state index in [1.54, 1.807) is 12.3 Å². The lowest BCUT2D eigenvalue weighted by molar-refractivity contribution is -0.117. The van der Waals surface area contributed by atoms with Crippen molar-refractivity contribution in [1.82, 2.24) is 29.3 Å². The number of nitrogens with zero attached hydrogens (tertiary/aromatic N) is 7. The zero-order valence-corrected chi connectivity index (χ0v) is 27.6. The third-order valence-corrected chi connectivity index (χ3v) is 14.5. The van der Waals surface area contributed by atoms with Crippen LogP contribution in [0.2, 0.25) is 23.2 Å². The summed E-state index contributed by atoms with van der Waals surface area (Å²) in [4.78, 5) is 38.5. The molecule has 4 aromatic rings. The van der Waals surface area contributed by atoms with Crippen LogP contribution in [-0.4, -0.2) is 56.2 Å². The molecule has 5 heterocycles. The van der Waals surface area contributed by atoms with Gasteiger partial charge >= 0.3 is 0 Å². The van der Waals surface area contributed by atoms with Crippen molar-refractivity contribution in [2.75, 3.05) is 16.8 Å². The summed E-state index contributed by atoms with van der Waals surface area (Å²) in [5.74, 6) is 2.35. The van der Waals surface area contributed by atoms with Gasteiger partial charge in [0.2, 0.25) is 11.7 Å². The van der Waals surface area contributed by atoms with Crippen LogP contribution in [0.4, 0.5) is 11.6 Å². The summed E-state index contributed by atoms with van der Waals surface area (Å²) < 4.78 is 8.97. The van der Waals surface area contributed by atoms with Crippen LogP contribution in [0.1, 0.15) is 81.3 Å². The predicted octanol–water partition coefficient (Wildman–Crippen LogP) is 6.53. The van der Waals surface area contributed by atoms with Gasteiger partial charge in [-0.25, -0.2) is 19.9 Å². The Hall–Kier alpha value is -3.41. The number of rotatable bonds is 8. The van der Waals surface area contributed by atoms with E-state index in [2.05, 4.69) is 80.8 Å². The highest BCUT2D eigenvalue weighted by Gasteiger charge is 2.46. The van der Waals surface area contributed by atoms with Crippen molar-refractivity contribution in [1.29, 1.82) is 0 Å². The fourth-order valence-electron chi connectivity index (χ4n) is 5.94. The highest BCUT2D eigenvalue weighted by molar-refractivity contribution is 6.74. The number of amides is 1. The zero-order chi connectivity index (χ0) is 30.8. The number of halogens is 1. The second-order valence-electron chi connectivity index (χ2n) is 14.0. The van der Waals surface area contributed by atoms with Crippen LogP contribution in [0.25, 0.3) is 5.78 Å². The van der Waals surface area contributed by atoms with Gasteiger partial charge in [-0.2, -0.15) is 0 Å². The van der Waals surface area contributed by atoms with Crippen molar-refractivity contribution in [3.8, 4) is 0 Å². The van der Waals surface area contributed by atoms with Crippen molar-refractivity contribution < 1.29 is 9.22 Å². The smallest absolute Gasteiger partial charge is 0.234 e. The first-order valence-corrected chi connectivity index (χ1v) is 18.8. The summed E-state index contributed by atoms with van der Waals surface area (Å²) in [6.07, 6.45) is 13.4. The van der Waals surface area contributed by atoms with Crippen LogP contribution in [0.3, 0.4) is 0 Å². The minimum Gasteiger partial charge on any atom is -0.412 e. The lowest BCUT2D eigenvalue weighted by Gasteiger charge is -2.38. The molecule has 10 nitrogen and oxygen atoms in total. The molecule has 1 saturated heterocycles. The molecule has 0 radical (unpaired) electrons. The van der Waals surface area contributed by atoms with E-state index in [0.29, 0.717) is 29.1 Å². The number of pyridine rings is 1. The molecule has 1 amide bonds. The molecule has 0 bridgehead atoms. The zero-order valence-electron chi connectivity index (χ0n) is 25.9. The van der Waals surface area contributed by atoms with Crippen molar-refractivity contribution in [2.24, 2.45) is 5.92 Å². The van der Waals surface area contributed by atoms with E-state index in [0.717, 1.165) is 30.0 Å². The van der Waals surface area contributed by atoms with E-state index in [9.17, 15) is 4.79 Å². The normalized spacial score (nSPS) is 23.7. The van der Waals surface area contributed by atoms with Gasteiger partial charge in [0.15, 0.2) is 8.32 Å². The molecule has 1 aliphatic heterocycles. The SMILES string of the molecule is CC(C)(C)[Si](C)(C)O[C@H]1C[C@H](c2cn3cc(C4CC4)cnc3n2)N(c2cc(NC(=O)[C@H]3C[C@@H]3c3cc(Cl)ccn3)ncn2)C1. The molecule has 2 aliphatic carbocycles. The van der Waals surface area contributed by atoms with Gasteiger partial charge in [0, 0.05) is 66.4 Å². The molecule has 230 valence electrons. The molecule has 1 N–H and O–H groups in total. The van der Waals surface area contributed by atoms with Crippen molar-refractivity contribution >= 4 is 43.2 Å². The minimum atomic E-state index is -2.02. The molecule has 44 heavy (non-hydrogen) atoms. The van der Waals surface area contributed by atoms with Crippen molar-refractivity contribution in [3.63, 3.8) is 0 Å². The first kappa shape index (κ1) is 29.3. The van der Waals surface area contributed by atoms with Crippen LogP contribution in [0, 0.1) is 5.92 Å². The molecule has 4 aromatic heterocycles. The molecule has 7 rings (SSSR count). The number of anilines is 2. The number of nitrogens with one attached hydrogen (secondary N) is 1. The average molecular weight is 631 g/mol. The Labute approximate surface area is 263 Å². The molecule has 0 aromatic carbocycles. The number of fused-ring (bicyclic) bond motifs is 1. The van der Waals surface area contributed by atoms with Gasteiger partial charge in [-0.1, -0.05) is 32.4 Å². The summed E-state index contributed by atoms with van der Waals surface area (Å²) in [5, 5.41) is 3.74. The third kappa shape index (κ3) is 5.84. The first-order valence-electron chi connectivity index (χ1n) is 15.5. The first-order chi connectivity index (χ1) is 20.9. The summed E-state index contributed by atoms with van der Waals surface area (Å²) in [6, 6.07) is 5.37. The fourth-order valence-corrected chi connectivity index (χ4v) is 7.47. The number of hydrogen-bond acceptors (Lipinski definition) is 8. The molecule has 3 fully saturated rings. The summed E-state index contributed by atoms with van der Waals surface area (Å²) >= 11 is 6.14. The number of carbonyl (C=O) groups is 1. The summed E-state index contributed by atoms with van der Waals surface area (Å²) in [7, 11) is -2.02. The molecule has 4 atom stereocenters. The van der Waals surface area contributed by atoms with E-state index in [4.69, 9.17) is 21.0 Å². The van der Waals surface area contributed by atoms with E-state index in [1.807, 2.05) is 18.3 Å². The highest BCUT2D eigenvalue weighted by atomic mass is 35.5. The van der Waals surface area contributed by atoms with Crippen LogP contribution >= 0.6 is 11.6 Å². The van der Waals surface area contributed by atoms with Gasteiger partial charge in [-0.15, -0.1) is 0 Å². The van der Waals surface area contributed by atoms with E-state index in [-0.39, 0.29) is 34.9 Å². The van der Waals surface area contributed by atoms with Gasteiger partial charge < -0.3 is 14.6 Å². The Balaban J connectivity index is 1.14. The predicted molar refractivity (Wildman–Crippen MR) is 172 cm³/mol. The average Bonchev–Trinajstić information content (AvgIpc) is 3.89. The van der Waals surface area contributed by atoms with E-state index in [1.165, 1.54) is 24.7 Å². The molecule has 0 spiro atoms. The lowest BCUT2D eigenvalue weighted by atomic mass is 10.1.